The molecule has 4 rings (SSSR count). The van der Waals surface area contributed by atoms with Crippen molar-refractivity contribution in [2.45, 2.75) is 12.5 Å². The van der Waals surface area contributed by atoms with Crippen molar-refractivity contribution >= 4 is 23.2 Å². The highest BCUT2D eigenvalue weighted by atomic mass is 19.1. The summed E-state index contributed by atoms with van der Waals surface area (Å²) in [6.45, 7) is 2.72. The Labute approximate surface area is 174 Å². The number of ether oxygens (including phenoxy) is 2. The zero-order valence-electron chi connectivity index (χ0n) is 17.0. The fraction of sp³-hybridized carbons (Fsp3) is 0.364. The molecule has 2 aliphatic rings. The van der Waals surface area contributed by atoms with E-state index in [9.17, 15) is 14.0 Å². The van der Waals surface area contributed by atoms with Crippen molar-refractivity contribution in [3.8, 4) is 11.5 Å². The average molecular weight is 413 g/mol. The van der Waals surface area contributed by atoms with Gasteiger partial charge in [0.05, 0.1) is 32.4 Å². The van der Waals surface area contributed by atoms with Crippen LogP contribution in [0.15, 0.2) is 42.5 Å². The van der Waals surface area contributed by atoms with Gasteiger partial charge in [0, 0.05) is 37.9 Å². The summed E-state index contributed by atoms with van der Waals surface area (Å²) in [7, 11) is 3.05. The molecule has 8 heteroatoms. The molecular weight excluding hydrogens is 389 g/mol. The van der Waals surface area contributed by atoms with Gasteiger partial charge in [-0.1, -0.05) is 0 Å². The van der Waals surface area contributed by atoms with E-state index in [1.807, 2.05) is 0 Å². The predicted octanol–water partition coefficient (Wildman–Crippen LogP) is 2.30. The van der Waals surface area contributed by atoms with Crippen LogP contribution in [0.2, 0.25) is 0 Å². The minimum atomic E-state index is -0.471. The minimum absolute atomic E-state index is 0.156. The summed E-state index contributed by atoms with van der Waals surface area (Å²) in [5.74, 6) is 0.295. The number of carbonyl (C=O) groups is 2. The third-order valence-electron chi connectivity index (χ3n) is 5.69. The van der Waals surface area contributed by atoms with Crippen LogP contribution < -0.4 is 19.3 Å². The van der Waals surface area contributed by atoms with E-state index >= 15 is 0 Å². The number of amides is 2. The first-order valence-corrected chi connectivity index (χ1v) is 9.85. The lowest BCUT2D eigenvalue weighted by atomic mass is 10.1. The quantitative estimate of drug-likeness (QED) is 0.701. The Morgan fingerprint density at radius 2 is 1.50 bits per heavy atom. The number of benzene rings is 2. The molecule has 158 valence electrons. The molecule has 1 unspecified atom stereocenters. The van der Waals surface area contributed by atoms with Crippen LogP contribution in [0.25, 0.3) is 0 Å². The second-order valence-electron chi connectivity index (χ2n) is 7.33. The van der Waals surface area contributed by atoms with E-state index in [1.54, 1.807) is 30.3 Å². The lowest BCUT2D eigenvalue weighted by molar-refractivity contribution is -0.123. The van der Waals surface area contributed by atoms with Crippen LogP contribution in [-0.4, -0.2) is 63.2 Å². The topological polar surface area (TPSA) is 62.3 Å². The molecule has 2 saturated heterocycles. The molecule has 0 aromatic heterocycles. The SMILES string of the molecule is COc1ccc(N2C(=O)CC(N3CCN(c4ccc(F)cc4)CC3)C2=O)cc1OC. The van der Waals surface area contributed by atoms with Gasteiger partial charge in [0.15, 0.2) is 11.5 Å². The van der Waals surface area contributed by atoms with Crippen LogP contribution in [-0.2, 0) is 9.59 Å². The molecule has 0 spiro atoms. The number of imide groups is 1. The Morgan fingerprint density at radius 3 is 2.13 bits per heavy atom. The molecule has 7 nitrogen and oxygen atoms in total. The first kappa shape index (κ1) is 20.2. The number of hydrogen-bond donors (Lipinski definition) is 0. The third kappa shape index (κ3) is 3.70. The van der Waals surface area contributed by atoms with Crippen molar-refractivity contribution in [3.05, 3.63) is 48.3 Å². The maximum absolute atomic E-state index is 13.2. The standard InChI is InChI=1S/C22H24FN3O4/c1-29-19-8-7-17(13-20(19)30-2)26-21(27)14-18(22(26)28)25-11-9-24(10-12-25)16-5-3-15(23)4-6-16/h3-8,13,18H,9-12,14H2,1-2H3. The Kier molecular flexibility index (Phi) is 5.59. The highest BCUT2D eigenvalue weighted by Crippen LogP contribution is 2.34. The highest BCUT2D eigenvalue weighted by molar-refractivity contribution is 6.22. The Bertz CT molecular complexity index is 942. The maximum Gasteiger partial charge on any atom is 0.251 e. The van der Waals surface area contributed by atoms with Gasteiger partial charge in [0.25, 0.3) is 5.91 Å². The van der Waals surface area contributed by atoms with Crippen molar-refractivity contribution < 1.29 is 23.5 Å². The zero-order valence-corrected chi connectivity index (χ0v) is 17.0. The van der Waals surface area contributed by atoms with Gasteiger partial charge in [-0.15, -0.1) is 0 Å². The summed E-state index contributed by atoms with van der Waals surface area (Å²) in [5.41, 5.74) is 1.44. The van der Waals surface area contributed by atoms with Crippen LogP contribution >= 0.6 is 0 Å². The molecule has 0 radical (unpaired) electrons. The van der Waals surface area contributed by atoms with Gasteiger partial charge in [-0.3, -0.25) is 14.5 Å². The molecule has 30 heavy (non-hydrogen) atoms. The third-order valence-corrected chi connectivity index (χ3v) is 5.69. The van der Waals surface area contributed by atoms with Crippen molar-refractivity contribution in [2.75, 3.05) is 50.2 Å². The molecule has 2 heterocycles. The Hall–Kier alpha value is -3.13. The monoisotopic (exact) mass is 413 g/mol. The molecule has 1 atom stereocenters. The van der Waals surface area contributed by atoms with E-state index in [1.165, 1.54) is 31.3 Å². The van der Waals surface area contributed by atoms with E-state index in [-0.39, 0.29) is 24.1 Å². The summed E-state index contributed by atoms with van der Waals surface area (Å²) in [5, 5.41) is 0. The number of hydrogen-bond acceptors (Lipinski definition) is 6. The number of methoxy groups -OCH3 is 2. The summed E-state index contributed by atoms with van der Waals surface area (Å²) in [6.07, 6.45) is 0.156. The lowest BCUT2D eigenvalue weighted by Gasteiger charge is -2.38. The van der Waals surface area contributed by atoms with Gasteiger partial charge in [0.1, 0.15) is 5.82 Å². The van der Waals surface area contributed by atoms with Crippen LogP contribution in [0.3, 0.4) is 0 Å². The fourth-order valence-electron chi connectivity index (χ4n) is 4.08. The van der Waals surface area contributed by atoms with Crippen molar-refractivity contribution in [2.24, 2.45) is 0 Å². The molecule has 2 aromatic rings. The number of nitrogens with zero attached hydrogens (tertiary/aromatic N) is 3. The van der Waals surface area contributed by atoms with Crippen LogP contribution in [0.1, 0.15) is 6.42 Å². The lowest BCUT2D eigenvalue weighted by Crippen LogP contribution is -2.52. The summed E-state index contributed by atoms with van der Waals surface area (Å²) in [6, 6.07) is 11.0. The van der Waals surface area contributed by atoms with Gasteiger partial charge in [0.2, 0.25) is 5.91 Å². The molecule has 0 saturated carbocycles. The molecule has 2 aromatic carbocycles. The summed E-state index contributed by atoms with van der Waals surface area (Å²) >= 11 is 0. The summed E-state index contributed by atoms with van der Waals surface area (Å²) < 4.78 is 23.7. The minimum Gasteiger partial charge on any atom is -0.493 e. The van der Waals surface area contributed by atoms with E-state index in [4.69, 9.17) is 9.47 Å². The second kappa shape index (κ2) is 8.31. The molecule has 2 amide bonds. The van der Waals surface area contributed by atoms with E-state index in [0.29, 0.717) is 43.4 Å². The van der Waals surface area contributed by atoms with Gasteiger partial charge >= 0.3 is 0 Å². The maximum atomic E-state index is 13.2. The zero-order chi connectivity index (χ0) is 21.3. The number of piperazine rings is 1. The van der Waals surface area contributed by atoms with E-state index in [2.05, 4.69) is 9.80 Å². The van der Waals surface area contributed by atoms with Crippen LogP contribution in [0, 0.1) is 5.82 Å². The molecule has 2 fully saturated rings. The molecule has 0 N–H and O–H groups in total. The molecular formula is C22H24FN3O4. The van der Waals surface area contributed by atoms with Crippen molar-refractivity contribution in [3.63, 3.8) is 0 Å². The Balaban J connectivity index is 1.45. The number of halogens is 1. The number of carbonyl (C=O) groups excluding carboxylic acids is 2. The molecule has 2 aliphatic heterocycles. The van der Waals surface area contributed by atoms with Crippen molar-refractivity contribution in [1.29, 1.82) is 0 Å². The van der Waals surface area contributed by atoms with Gasteiger partial charge in [-0.25, -0.2) is 9.29 Å². The first-order chi connectivity index (χ1) is 14.5. The van der Waals surface area contributed by atoms with Crippen LogP contribution in [0.5, 0.6) is 11.5 Å². The van der Waals surface area contributed by atoms with Gasteiger partial charge < -0.3 is 14.4 Å². The number of rotatable bonds is 5. The van der Waals surface area contributed by atoms with Gasteiger partial charge in [-0.05, 0) is 36.4 Å². The smallest absolute Gasteiger partial charge is 0.251 e. The van der Waals surface area contributed by atoms with Crippen LogP contribution in [0.4, 0.5) is 15.8 Å². The first-order valence-electron chi connectivity index (χ1n) is 9.85. The normalized spacial score (nSPS) is 20.0. The second-order valence-corrected chi connectivity index (χ2v) is 7.33. The summed E-state index contributed by atoms with van der Waals surface area (Å²) in [4.78, 5) is 31.2. The molecule has 0 bridgehead atoms. The van der Waals surface area contributed by atoms with E-state index in [0.717, 1.165) is 5.69 Å². The van der Waals surface area contributed by atoms with Gasteiger partial charge in [-0.2, -0.15) is 0 Å². The molecule has 0 aliphatic carbocycles. The number of anilines is 2. The van der Waals surface area contributed by atoms with Crippen molar-refractivity contribution in [1.82, 2.24) is 4.90 Å². The average Bonchev–Trinajstić information content (AvgIpc) is 3.07. The highest BCUT2D eigenvalue weighted by Gasteiger charge is 2.43. The largest absolute Gasteiger partial charge is 0.493 e. The Morgan fingerprint density at radius 1 is 0.867 bits per heavy atom. The fourth-order valence-corrected chi connectivity index (χ4v) is 4.08. The van der Waals surface area contributed by atoms with E-state index < -0.39 is 6.04 Å². The predicted molar refractivity (Wildman–Crippen MR) is 111 cm³/mol.